The van der Waals surface area contributed by atoms with Gasteiger partial charge in [0.25, 0.3) is 0 Å². The summed E-state index contributed by atoms with van der Waals surface area (Å²) in [5.74, 6) is -2.31. The Hall–Kier alpha value is -2.07. The van der Waals surface area contributed by atoms with Crippen molar-refractivity contribution in [2.75, 3.05) is 6.61 Å². The normalized spacial score (nSPS) is 46.8. The molecule has 3 fully saturated rings. The maximum absolute atomic E-state index is 14.0. The summed E-state index contributed by atoms with van der Waals surface area (Å²) in [5.41, 5.74) is 1.64. The van der Waals surface area contributed by atoms with Crippen LogP contribution in [0.4, 0.5) is 0 Å². The maximum atomic E-state index is 14.0. The SMILES string of the molecule is CC1=C[C@@H]2C(=O)O[C@H]3C[C@@H](C/C=C(/C)C[C@@H](C)/C=C/C=C4/CO[C@@H]([C@H]1O)[C@@]42O)O[C@]1(C3)C[C@H](O)[C@H](C)[C@@H](/C(C)=C\C(C)C)O1. The third-order valence-electron chi connectivity index (χ3n) is 10.1. The molecule has 3 N–H and O–H groups in total. The molecule has 11 atom stereocenters. The van der Waals surface area contributed by atoms with Crippen molar-refractivity contribution in [3.8, 4) is 0 Å². The van der Waals surface area contributed by atoms with Gasteiger partial charge in [0.15, 0.2) is 5.79 Å². The highest BCUT2D eigenvalue weighted by molar-refractivity contribution is 5.78. The number of aliphatic hydroxyl groups excluding tert-OH is 2. The molecule has 0 aromatic carbocycles. The molecule has 0 radical (unpaired) electrons. The lowest BCUT2D eigenvalue weighted by Gasteiger charge is -2.51. The van der Waals surface area contributed by atoms with Gasteiger partial charge in [0.1, 0.15) is 29.8 Å². The summed E-state index contributed by atoms with van der Waals surface area (Å²) in [6, 6.07) is 0. The second-order valence-electron chi connectivity index (χ2n) is 14.4. The minimum atomic E-state index is -1.74. The molecule has 5 aliphatic rings. The first-order valence-electron chi connectivity index (χ1n) is 16.4. The van der Waals surface area contributed by atoms with Gasteiger partial charge in [0.05, 0.1) is 24.9 Å². The molecule has 4 aliphatic heterocycles. The van der Waals surface area contributed by atoms with Gasteiger partial charge in [0, 0.05) is 25.2 Å². The van der Waals surface area contributed by atoms with E-state index in [2.05, 4.69) is 45.9 Å². The summed E-state index contributed by atoms with van der Waals surface area (Å²) in [6.45, 7) is 14.4. The van der Waals surface area contributed by atoms with Gasteiger partial charge in [-0.05, 0) is 62.2 Å². The van der Waals surface area contributed by atoms with Crippen LogP contribution in [0.5, 0.6) is 0 Å². The summed E-state index contributed by atoms with van der Waals surface area (Å²) >= 11 is 0. The smallest absolute Gasteiger partial charge is 0.316 e. The van der Waals surface area contributed by atoms with E-state index in [0.717, 1.165) is 12.0 Å². The van der Waals surface area contributed by atoms with Crippen LogP contribution in [-0.2, 0) is 23.7 Å². The van der Waals surface area contributed by atoms with Crippen molar-refractivity contribution in [3.05, 3.63) is 58.7 Å². The topological polar surface area (TPSA) is 115 Å². The van der Waals surface area contributed by atoms with E-state index in [1.165, 1.54) is 5.57 Å². The van der Waals surface area contributed by atoms with Gasteiger partial charge in [-0.1, -0.05) is 69.7 Å². The molecule has 0 unspecified atom stereocenters. The maximum Gasteiger partial charge on any atom is 0.316 e. The van der Waals surface area contributed by atoms with Crippen LogP contribution in [0.2, 0.25) is 0 Å². The van der Waals surface area contributed by atoms with E-state index in [-0.39, 0.29) is 43.5 Å². The van der Waals surface area contributed by atoms with Gasteiger partial charge in [-0.15, -0.1) is 0 Å². The second-order valence-corrected chi connectivity index (χ2v) is 14.4. The summed E-state index contributed by atoms with van der Waals surface area (Å²) in [5, 5.41) is 34.3. The predicted molar refractivity (Wildman–Crippen MR) is 167 cm³/mol. The zero-order valence-electron chi connectivity index (χ0n) is 27.4. The van der Waals surface area contributed by atoms with E-state index < -0.39 is 47.7 Å². The van der Waals surface area contributed by atoms with Crippen molar-refractivity contribution < 1.29 is 39.1 Å². The Morgan fingerprint density at radius 1 is 1.11 bits per heavy atom. The Bertz CT molecular complexity index is 1240. The average Bonchev–Trinajstić information content (AvgIpc) is 3.27. The molecule has 8 heteroatoms. The quantitative estimate of drug-likeness (QED) is 0.292. The molecule has 4 heterocycles. The summed E-state index contributed by atoms with van der Waals surface area (Å²) in [4.78, 5) is 14.0. The minimum absolute atomic E-state index is 0.109. The van der Waals surface area contributed by atoms with Crippen molar-refractivity contribution in [1.29, 1.82) is 0 Å². The Kier molecular flexibility index (Phi) is 9.82. The van der Waals surface area contributed by atoms with Crippen LogP contribution in [-0.4, -0.2) is 75.9 Å². The van der Waals surface area contributed by atoms with Crippen LogP contribution in [0.3, 0.4) is 0 Å². The number of ether oxygens (including phenoxy) is 4. The molecule has 0 saturated carbocycles. The average molecular weight is 613 g/mol. The molecule has 1 aliphatic carbocycles. The zero-order valence-corrected chi connectivity index (χ0v) is 27.4. The van der Waals surface area contributed by atoms with Crippen LogP contribution in [0, 0.1) is 23.7 Å². The lowest BCUT2D eigenvalue weighted by molar-refractivity contribution is -0.342. The van der Waals surface area contributed by atoms with E-state index in [9.17, 15) is 20.1 Å². The van der Waals surface area contributed by atoms with Gasteiger partial charge in [-0.3, -0.25) is 4.79 Å². The molecule has 8 nitrogen and oxygen atoms in total. The largest absolute Gasteiger partial charge is 0.462 e. The van der Waals surface area contributed by atoms with Crippen LogP contribution >= 0.6 is 0 Å². The molecule has 244 valence electrons. The molecule has 2 bridgehead atoms. The van der Waals surface area contributed by atoms with Crippen LogP contribution in [0.1, 0.15) is 80.6 Å². The fourth-order valence-electron chi connectivity index (χ4n) is 7.85. The van der Waals surface area contributed by atoms with E-state index in [1.54, 1.807) is 13.0 Å². The number of allylic oxidation sites excluding steroid dienone is 5. The first-order chi connectivity index (χ1) is 20.7. The van der Waals surface area contributed by atoms with Gasteiger partial charge < -0.3 is 34.3 Å². The standard InChI is InChI=1S/C36H52O8/c1-20(2)13-24(6)32-25(7)30(37)18-35(44-32)17-28-16-27(43-35)12-11-22(4)14-21(3)9-8-10-26-19-41-33-31(38)23(5)15-29(34(39)42-28)36(26,33)40/h8-11,13,15,20-21,25,27-33,37-38,40H,12,14,16-19H2,1-7H3/b9-8+,22-11-,24-13-,26-10-/t21-,25-,27+,28-,29+,30-,31-,32+,33-,35-,36+/m0/s1. The monoisotopic (exact) mass is 612 g/mol. The molecule has 5 rings (SSSR count). The molecule has 3 saturated heterocycles. The van der Waals surface area contributed by atoms with E-state index in [4.69, 9.17) is 18.9 Å². The Morgan fingerprint density at radius 2 is 1.86 bits per heavy atom. The number of rotatable bonds is 2. The number of carbonyl (C=O) groups is 1. The molecule has 0 aromatic heterocycles. The fourth-order valence-corrected chi connectivity index (χ4v) is 7.85. The Balaban J connectivity index is 1.52. The van der Waals surface area contributed by atoms with Crippen molar-refractivity contribution in [2.24, 2.45) is 23.7 Å². The minimum Gasteiger partial charge on any atom is -0.462 e. The third kappa shape index (κ3) is 6.58. The predicted octanol–water partition coefficient (Wildman–Crippen LogP) is 5.09. The first kappa shape index (κ1) is 33.3. The fraction of sp³-hybridized carbons (Fsp3) is 0.694. The Morgan fingerprint density at radius 3 is 2.59 bits per heavy atom. The van der Waals surface area contributed by atoms with Gasteiger partial charge in [-0.25, -0.2) is 0 Å². The number of carbonyl (C=O) groups excluding carboxylic acids is 1. The molecule has 44 heavy (non-hydrogen) atoms. The molecular formula is C36H52O8. The van der Waals surface area contributed by atoms with Crippen LogP contribution in [0.25, 0.3) is 0 Å². The highest BCUT2D eigenvalue weighted by Crippen LogP contribution is 2.47. The summed E-state index contributed by atoms with van der Waals surface area (Å²) in [7, 11) is 0. The van der Waals surface area contributed by atoms with Gasteiger partial charge in [0.2, 0.25) is 0 Å². The van der Waals surface area contributed by atoms with Gasteiger partial charge in [-0.2, -0.15) is 0 Å². The van der Waals surface area contributed by atoms with Crippen molar-refractivity contribution in [2.45, 2.75) is 129 Å². The van der Waals surface area contributed by atoms with E-state index in [0.29, 0.717) is 29.9 Å². The molecule has 0 aromatic rings. The number of fused-ring (bicyclic) bond motifs is 2. The second kappa shape index (κ2) is 13.0. The number of hydrogen-bond donors (Lipinski definition) is 3. The third-order valence-corrected chi connectivity index (χ3v) is 10.1. The van der Waals surface area contributed by atoms with Crippen molar-refractivity contribution in [1.82, 2.24) is 0 Å². The van der Waals surface area contributed by atoms with Crippen LogP contribution < -0.4 is 0 Å². The highest BCUT2D eigenvalue weighted by atomic mass is 16.7. The lowest BCUT2D eigenvalue weighted by atomic mass is 9.71. The van der Waals surface area contributed by atoms with Gasteiger partial charge >= 0.3 is 5.97 Å². The summed E-state index contributed by atoms with van der Waals surface area (Å²) in [6.07, 6.45) is 10.4. The van der Waals surface area contributed by atoms with E-state index in [1.807, 2.05) is 26.0 Å². The lowest BCUT2D eigenvalue weighted by Crippen LogP contribution is -2.59. The number of hydrogen-bond acceptors (Lipinski definition) is 8. The molecular weight excluding hydrogens is 560 g/mol. The first-order valence-corrected chi connectivity index (χ1v) is 16.4. The van der Waals surface area contributed by atoms with Crippen molar-refractivity contribution in [3.63, 3.8) is 0 Å². The molecule has 1 spiro atoms. The zero-order chi connectivity index (χ0) is 32.0. The van der Waals surface area contributed by atoms with Crippen molar-refractivity contribution >= 4 is 5.97 Å². The van der Waals surface area contributed by atoms with E-state index >= 15 is 0 Å². The number of esters is 1. The summed E-state index contributed by atoms with van der Waals surface area (Å²) < 4.78 is 25.7. The number of aliphatic hydroxyl groups is 3. The Labute approximate surface area is 262 Å². The highest BCUT2D eigenvalue weighted by Gasteiger charge is 2.60. The van der Waals surface area contributed by atoms with Crippen LogP contribution in [0.15, 0.2) is 58.7 Å². The molecule has 0 amide bonds.